The summed E-state index contributed by atoms with van der Waals surface area (Å²) in [4.78, 5) is 13.0. The molecule has 0 saturated carbocycles. The monoisotopic (exact) mass is 868 g/mol. The van der Waals surface area contributed by atoms with E-state index in [9.17, 15) is 0 Å². The number of para-hydroxylation sites is 2. The molecule has 4 nitrogen and oxygen atoms in total. The minimum absolute atomic E-state index is 0.218. The van der Waals surface area contributed by atoms with Crippen LogP contribution in [-0.2, 0) is 0 Å². The van der Waals surface area contributed by atoms with Crippen LogP contribution in [-0.4, -0.2) is 14.5 Å². The summed E-state index contributed by atoms with van der Waals surface area (Å²) < 4.78 is 2.39. The van der Waals surface area contributed by atoms with E-state index in [1.807, 2.05) is 6.07 Å². The lowest BCUT2D eigenvalue weighted by molar-refractivity contribution is 0.821. The van der Waals surface area contributed by atoms with Gasteiger partial charge in [-0.05, 0) is 106 Å². The molecule has 0 amide bonds. The fourth-order valence-electron chi connectivity index (χ4n) is 10.6. The molecule has 68 heavy (non-hydrogen) atoms. The molecule has 1 aliphatic carbocycles. The zero-order valence-electron chi connectivity index (χ0n) is 37.2. The van der Waals surface area contributed by atoms with Gasteiger partial charge in [-0.2, -0.15) is 0 Å². The quantitative estimate of drug-likeness (QED) is 0.153. The molecule has 0 N–H and O–H groups in total. The van der Waals surface area contributed by atoms with E-state index in [1.54, 1.807) is 0 Å². The van der Waals surface area contributed by atoms with Gasteiger partial charge in [-0.15, -0.1) is 0 Å². The van der Waals surface area contributed by atoms with Gasteiger partial charge in [-0.3, -0.25) is 0 Å². The summed E-state index contributed by atoms with van der Waals surface area (Å²) in [6, 6.07) is 82.6. The van der Waals surface area contributed by atoms with Crippen molar-refractivity contribution in [2.45, 2.75) is 12.3 Å². The summed E-state index contributed by atoms with van der Waals surface area (Å²) in [6.07, 6.45) is 7.76. The van der Waals surface area contributed by atoms with Gasteiger partial charge in [0, 0.05) is 50.5 Å². The Labute approximate surface area is 396 Å². The average molecular weight is 869 g/mol. The van der Waals surface area contributed by atoms with Gasteiger partial charge in [-0.25, -0.2) is 9.97 Å². The Morgan fingerprint density at radius 1 is 0.412 bits per heavy atom. The van der Waals surface area contributed by atoms with Gasteiger partial charge < -0.3 is 9.47 Å². The van der Waals surface area contributed by atoms with E-state index in [2.05, 4.69) is 252 Å². The maximum Gasteiger partial charge on any atom is 0.160 e. The Balaban J connectivity index is 0.877. The highest BCUT2D eigenvalue weighted by Gasteiger charge is 2.37. The minimum Gasteiger partial charge on any atom is -0.313 e. The molecule has 11 aromatic rings. The summed E-state index contributed by atoms with van der Waals surface area (Å²) in [5, 5.41) is 2.52. The van der Waals surface area contributed by atoms with Crippen molar-refractivity contribution in [3.05, 3.63) is 260 Å². The minimum atomic E-state index is 0.218. The number of aromatic nitrogens is 3. The third-order valence-electron chi connectivity index (χ3n) is 13.7. The van der Waals surface area contributed by atoms with Crippen LogP contribution in [0.5, 0.6) is 0 Å². The first-order chi connectivity index (χ1) is 33.7. The van der Waals surface area contributed by atoms with Crippen molar-refractivity contribution in [1.82, 2.24) is 14.5 Å². The number of allylic oxidation sites excluding steroid dienone is 4. The van der Waals surface area contributed by atoms with Crippen LogP contribution < -0.4 is 4.90 Å². The van der Waals surface area contributed by atoms with Crippen LogP contribution in [0.25, 0.3) is 94.8 Å². The van der Waals surface area contributed by atoms with Crippen LogP contribution in [0.15, 0.2) is 254 Å². The Kier molecular flexibility index (Phi) is 9.61. The fraction of sp³-hybridized carbons (Fsp3) is 0.0312. The molecule has 2 aromatic heterocycles. The van der Waals surface area contributed by atoms with Crippen LogP contribution in [0.3, 0.4) is 0 Å². The first kappa shape index (κ1) is 39.5. The molecule has 2 aliphatic rings. The number of fused-ring (bicyclic) bond motifs is 6. The molecule has 0 spiro atoms. The molecule has 1 atom stereocenters. The molecule has 0 saturated heterocycles. The van der Waals surface area contributed by atoms with Crippen molar-refractivity contribution >= 4 is 33.2 Å². The Morgan fingerprint density at radius 3 is 1.76 bits per heavy atom. The van der Waals surface area contributed by atoms with Gasteiger partial charge >= 0.3 is 0 Å². The molecule has 0 radical (unpaired) electrons. The maximum atomic E-state index is 5.26. The van der Waals surface area contributed by atoms with Gasteiger partial charge in [-0.1, -0.05) is 188 Å². The highest BCUT2D eigenvalue weighted by molar-refractivity contribution is 6.15. The average Bonchev–Trinajstić information content (AvgIpc) is 3.95. The van der Waals surface area contributed by atoms with Gasteiger partial charge in [0.2, 0.25) is 0 Å². The molecule has 13 rings (SSSR count). The van der Waals surface area contributed by atoms with Crippen LogP contribution in [0.1, 0.15) is 17.9 Å². The summed E-state index contributed by atoms with van der Waals surface area (Å²) in [5.41, 5.74) is 20.6. The number of anilines is 2. The van der Waals surface area contributed by atoms with E-state index < -0.39 is 0 Å². The molecular formula is C64H44N4. The van der Waals surface area contributed by atoms with Gasteiger partial charge in [0.05, 0.1) is 28.1 Å². The predicted molar refractivity (Wildman–Crippen MR) is 282 cm³/mol. The lowest BCUT2D eigenvalue weighted by atomic mass is 9.86. The summed E-state index contributed by atoms with van der Waals surface area (Å²) in [7, 11) is 0. The van der Waals surface area contributed by atoms with Crippen LogP contribution in [0.4, 0.5) is 11.4 Å². The van der Waals surface area contributed by atoms with Crippen molar-refractivity contribution in [2.24, 2.45) is 0 Å². The van der Waals surface area contributed by atoms with Crippen LogP contribution >= 0.6 is 0 Å². The van der Waals surface area contributed by atoms with E-state index in [4.69, 9.17) is 9.97 Å². The molecule has 0 bridgehead atoms. The molecule has 1 aliphatic heterocycles. The molecular weight excluding hydrogens is 825 g/mol. The number of hydrogen-bond donors (Lipinski definition) is 0. The highest BCUT2D eigenvalue weighted by Crippen LogP contribution is 2.54. The second-order valence-corrected chi connectivity index (χ2v) is 17.7. The lowest BCUT2D eigenvalue weighted by Crippen LogP contribution is -2.14. The molecule has 9 aromatic carbocycles. The molecule has 3 heterocycles. The molecule has 320 valence electrons. The van der Waals surface area contributed by atoms with Crippen LogP contribution in [0, 0.1) is 0 Å². The van der Waals surface area contributed by atoms with Gasteiger partial charge in [0.15, 0.2) is 5.82 Å². The first-order valence-corrected chi connectivity index (χ1v) is 23.4. The molecule has 0 fully saturated rings. The Bertz CT molecular complexity index is 3740. The van der Waals surface area contributed by atoms with Gasteiger partial charge in [0.1, 0.15) is 0 Å². The van der Waals surface area contributed by atoms with Crippen molar-refractivity contribution in [3.63, 3.8) is 0 Å². The molecule has 4 heteroatoms. The van der Waals surface area contributed by atoms with Crippen molar-refractivity contribution in [3.8, 4) is 73.0 Å². The maximum absolute atomic E-state index is 5.26. The van der Waals surface area contributed by atoms with Crippen LogP contribution in [0.2, 0.25) is 0 Å². The first-order valence-electron chi connectivity index (χ1n) is 23.4. The zero-order chi connectivity index (χ0) is 45.0. The largest absolute Gasteiger partial charge is 0.313 e. The zero-order valence-corrected chi connectivity index (χ0v) is 37.2. The number of hydrogen-bond acceptors (Lipinski definition) is 3. The normalized spacial score (nSPS) is 14.0. The third kappa shape index (κ3) is 6.77. The van der Waals surface area contributed by atoms with E-state index in [1.165, 1.54) is 66.6 Å². The standard InChI is InChI=1S/C64H44N4/c1-4-17-43(18-5-1)44-33-35-47(36-34-44)57-42-56(46-19-6-2-7-20-46)65-64(66-57)49-22-14-21-48(41-49)53-28-16-32-61-63(53)55-26-11-13-30-59(55)68(61)51-39-37-45(38-40-51)52-27-15-31-60-62(52)54-25-10-12-29-58(54)67(60)50-23-8-3-9-24-50/h1-25,27-42,55H,26H2. The number of nitrogens with zero attached hydrogens (tertiary/aromatic N) is 4. The SMILES string of the molecule is C1=CCC2C(=C1)N(c1ccc(-c3cccc4c3c3ccccc3n4-c3ccccc3)cc1)c1cccc(-c3cccc(-c4nc(-c5ccccc5)cc(-c5ccc(-c6ccccc6)cc5)n4)c3)c12. The lowest BCUT2D eigenvalue weighted by Gasteiger charge is -2.24. The van der Waals surface area contributed by atoms with E-state index in [-0.39, 0.29) is 5.92 Å². The van der Waals surface area contributed by atoms with E-state index in [0.29, 0.717) is 5.82 Å². The second-order valence-electron chi connectivity index (χ2n) is 17.7. The van der Waals surface area contributed by atoms with E-state index >= 15 is 0 Å². The smallest absolute Gasteiger partial charge is 0.160 e. The van der Waals surface area contributed by atoms with Crippen molar-refractivity contribution < 1.29 is 0 Å². The van der Waals surface area contributed by atoms with E-state index in [0.717, 1.165) is 51.4 Å². The number of benzene rings is 9. The highest BCUT2D eigenvalue weighted by atomic mass is 15.2. The Hall–Kier alpha value is -8.86. The summed E-state index contributed by atoms with van der Waals surface area (Å²) in [6.45, 7) is 0. The van der Waals surface area contributed by atoms with Crippen molar-refractivity contribution in [1.29, 1.82) is 0 Å². The predicted octanol–water partition coefficient (Wildman–Crippen LogP) is 16.7. The second kappa shape index (κ2) is 16.5. The van der Waals surface area contributed by atoms with Gasteiger partial charge in [0.25, 0.3) is 0 Å². The Morgan fingerprint density at radius 2 is 0.985 bits per heavy atom. The summed E-state index contributed by atoms with van der Waals surface area (Å²) in [5.74, 6) is 0.918. The molecule has 1 unspecified atom stereocenters. The summed E-state index contributed by atoms with van der Waals surface area (Å²) >= 11 is 0. The fourth-order valence-corrected chi connectivity index (χ4v) is 10.6. The number of rotatable bonds is 8. The topological polar surface area (TPSA) is 34.0 Å². The van der Waals surface area contributed by atoms with Crippen molar-refractivity contribution in [2.75, 3.05) is 4.90 Å². The third-order valence-corrected chi connectivity index (χ3v) is 13.7.